The summed E-state index contributed by atoms with van der Waals surface area (Å²) in [4.78, 5) is 21.9. The van der Waals surface area contributed by atoms with Crippen LogP contribution in [0.5, 0.6) is 5.75 Å². The molecule has 0 bridgehead atoms. The fraction of sp³-hybridized carbons (Fsp3) is 0.391. The van der Waals surface area contributed by atoms with Crippen LogP contribution in [0.15, 0.2) is 53.3 Å². The van der Waals surface area contributed by atoms with E-state index in [0.717, 1.165) is 62.5 Å². The van der Waals surface area contributed by atoms with E-state index in [9.17, 15) is 4.79 Å². The Morgan fingerprint density at radius 3 is 2.41 bits per heavy atom. The molecule has 0 N–H and O–H groups in total. The summed E-state index contributed by atoms with van der Waals surface area (Å²) in [7, 11) is 1.69. The van der Waals surface area contributed by atoms with Gasteiger partial charge in [0, 0.05) is 38.4 Å². The molecule has 0 radical (unpaired) electrons. The monoisotopic (exact) mass is 392 g/mol. The number of para-hydroxylation sites is 2. The van der Waals surface area contributed by atoms with E-state index in [1.165, 1.54) is 5.69 Å². The zero-order chi connectivity index (χ0) is 20.2. The summed E-state index contributed by atoms with van der Waals surface area (Å²) in [6, 6.07) is 16.2. The minimum Gasteiger partial charge on any atom is -0.497 e. The van der Waals surface area contributed by atoms with Crippen molar-refractivity contribution in [1.29, 1.82) is 0 Å². The number of ether oxygens (including phenoxy) is 1. The maximum absolute atomic E-state index is 12.6. The Kier molecular flexibility index (Phi) is 5.81. The van der Waals surface area contributed by atoms with Gasteiger partial charge in [0.2, 0.25) is 0 Å². The second-order valence-electron chi connectivity index (χ2n) is 7.52. The fourth-order valence-electron chi connectivity index (χ4n) is 4.02. The van der Waals surface area contributed by atoms with Gasteiger partial charge in [0.25, 0.3) is 5.56 Å². The van der Waals surface area contributed by atoms with E-state index in [0.29, 0.717) is 5.69 Å². The molecule has 0 aliphatic carbocycles. The first kappa shape index (κ1) is 19.5. The van der Waals surface area contributed by atoms with Crippen LogP contribution in [0.4, 0.5) is 5.69 Å². The lowest BCUT2D eigenvalue weighted by Gasteiger charge is -2.36. The van der Waals surface area contributed by atoms with E-state index < -0.39 is 0 Å². The van der Waals surface area contributed by atoms with Gasteiger partial charge < -0.3 is 14.2 Å². The molecule has 152 valence electrons. The normalized spacial score (nSPS) is 15.0. The number of piperazine rings is 1. The van der Waals surface area contributed by atoms with Crippen molar-refractivity contribution in [2.24, 2.45) is 0 Å². The van der Waals surface area contributed by atoms with Gasteiger partial charge in [-0.1, -0.05) is 12.1 Å². The average molecular weight is 393 g/mol. The first-order valence-electron chi connectivity index (χ1n) is 10.2. The summed E-state index contributed by atoms with van der Waals surface area (Å²) in [5, 5.41) is 0. The molecule has 1 aromatic heterocycles. The molecule has 29 heavy (non-hydrogen) atoms. The van der Waals surface area contributed by atoms with Crippen LogP contribution in [-0.4, -0.2) is 54.3 Å². The lowest BCUT2D eigenvalue weighted by atomic mass is 10.2. The maximum atomic E-state index is 12.6. The van der Waals surface area contributed by atoms with E-state index in [1.807, 2.05) is 41.0 Å². The Morgan fingerprint density at radius 2 is 1.69 bits per heavy atom. The molecule has 0 unspecified atom stereocenters. The smallest absolute Gasteiger partial charge is 0.272 e. The number of rotatable bonds is 6. The molecule has 4 rings (SSSR count). The van der Waals surface area contributed by atoms with Gasteiger partial charge >= 0.3 is 0 Å². The van der Waals surface area contributed by atoms with Gasteiger partial charge in [0.15, 0.2) is 0 Å². The number of nitrogens with zero attached hydrogens (tertiary/aromatic N) is 4. The molecule has 1 saturated heterocycles. The highest BCUT2D eigenvalue weighted by Gasteiger charge is 2.17. The van der Waals surface area contributed by atoms with E-state index >= 15 is 0 Å². The first-order valence-corrected chi connectivity index (χ1v) is 10.2. The van der Waals surface area contributed by atoms with Crippen molar-refractivity contribution >= 4 is 16.7 Å². The Hall–Kier alpha value is -2.86. The molecule has 3 aromatic rings. The average Bonchev–Trinajstić information content (AvgIpc) is 2.77. The number of anilines is 1. The van der Waals surface area contributed by atoms with E-state index in [-0.39, 0.29) is 5.56 Å². The highest BCUT2D eigenvalue weighted by atomic mass is 16.5. The topological polar surface area (TPSA) is 50.6 Å². The highest BCUT2D eigenvalue weighted by molar-refractivity contribution is 5.74. The van der Waals surface area contributed by atoms with Crippen molar-refractivity contribution in [3.05, 3.63) is 64.6 Å². The van der Waals surface area contributed by atoms with Crippen LogP contribution in [0.3, 0.4) is 0 Å². The second kappa shape index (κ2) is 8.66. The fourth-order valence-corrected chi connectivity index (χ4v) is 4.02. The molecule has 0 spiro atoms. The molecule has 1 aliphatic heterocycles. The van der Waals surface area contributed by atoms with Crippen molar-refractivity contribution < 1.29 is 4.74 Å². The van der Waals surface area contributed by atoms with Crippen LogP contribution in [0.2, 0.25) is 0 Å². The van der Waals surface area contributed by atoms with E-state index in [4.69, 9.17) is 4.74 Å². The van der Waals surface area contributed by atoms with Gasteiger partial charge in [-0.15, -0.1) is 0 Å². The van der Waals surface area contributed by atoms with E-state index in [1.54, 1.807) is 14.0 Å². The molecule has 1 aliphatic rings. The van der Waals surface area contributed by atoms with Crippen LogP contribution in [0, 0.1) is 6.92 Å². The van der Waals surface area contributed by atoms with E-state index in [2.05, 4.69) is 26.9 Å². The summed E-state index contributed by atoms with van der Waals surface area (Å²) in [5.74, 6) is 0.890. The lowest BCUT2D eigenvalue weighted by molar-refractivity contribution is 0.250. The highest BCUT2D eigenvalue weighted by Crippen LogP contribution is 2.20. The molecule has 6 nitrogen and oxygen atoms in total. The van der Waals surface area contributed by atoms with Crippen molar-refractivity contribution in [1.82, 2.24) is 14.5 Å². The number of benzene rings is 2. The third kappa shape index (κ3) is 4.27. The van der Waals surface area contributed by atoms with Gasteiger partial charge in [-0.25, -0.2) is 4.98 Å². The van der Waals surface area contributed by atoms with Gasteiger partial charge in [0.1, 0.15) is 11.4 Å². The van der Waals surface area contributed by atoms with Crippen molar-refractivity contribution in [3.63, 3.8) is 0 Å². The zero-order valence-corrected chi connectivity index (χ0v) is 17.2. The van der Waals surface area contributed by atoms with Gasteiger partial charge in [-0.3, -0.25) is 9.69 Å². The molecule has 2 aromatic carbocycles. The third-order valence-electron chi connectivity index (χ3n) is 5.68. The molecule has 6 heteroatoms. The summed E-state index contributed by atoms with van der Waals surface area (Å²) in [6.07, 6.45) is 0.954. The van der Waals surface area contributed by atoms with Crippen LogP contribution in [-0.2, 0) is 6.54 Å². The predicted octanol–water partition coefficient (Wildman–Crippen LogP) is 2.93. The number of aryl methyl sites for hydroxylation is 2. The Morgan fingerprint density at radius 1 is 0.966 bits per heavy atom. The minimum atomic E-state index is 0.0213. The SMILES string of the molecule is COc1ccc(N2CCN(CCCn3c(=O)c(C)nc4ccccc43)CC2)cc1. The number of aromatic nitrogens is 2. The minimum absolute atomic E-state index is 0.0213. The predicted molar refractivity (Wildman–Crippen MR) is 117 cm³/mol. The Labute approximate surface area is 171 Å². The summed E-state index contributed by atoms with van der Waals surface area (Å²) < 4.78 is 7.12. The van der Waals surface area contributed by atoms with Crippen molar-refractivity contribution in [2.75, 3.05) is 44.7 Å². The van der Waals surface area contributed by atoms with Crippen LogP contribution in [0.25, 0.3) is 11.0 Å². The Balaban J connectivity index is 1.33. The summed E-state index contributed by atoms with van der Waals surface area (Å²) in [5.41, 5.74) is 3.64. The summed E-state index contributed by atoms with van der Waals surface area (Å²) in [6.45, 7) is 7.63. The molecule has 0 saturated carbocycles. The lowest BCUT2D eigenvalue weighted by Crippen LogP contribution is -2.46. The van der Waals surface area contributed by atoms with Crippen LogP contribution in [0.1, 0.15) is 12.1 Å². The molecule has 2 heterocycles. The van der Waals surface area contributed by atoms with Gasteiger partial charge in [0.05, 0.1) is 18.1 Å². The quantitative estimate of drug-likeness (QED) is 0.646. The van der Waals surface area contributed by atoms with Crippen LogP contribution >= 0.6 is 0 Å². The zero-order valence-electron chi connectivity index (χ0n) is 17.2. The maximum Gasteiger partial charge on any atom is 0.272 e. The van der Waals surface area contributed by atoms with Gasteiger partial charge in [-0.05, 0) is 56.3 Å². The largest absolute Gasteiger partial charge is 0.497 e. The molecular formula is C23H28N4O2. The standard InChI is InChI=1S/C23H28N4O2/c1-18-23(28)27(22-7-4-3-6-21(22)24-18)13-5-12-25-14-16-26(17-15-25)19-8-10-20(29-2)11-9-19/h3-4,6-11H,5,12-17H2,1-2H3. The number of fused-ring (bicyclic) bond motifs is 1. The molecule has 0 atom stereocenters. The third-order valence-corrected chi connectivity index (χ3v) is 5.68. The number of hydrogen-bond acceptors (Lipinski definition) is 5. The molecular weight excluding hydrogens is 364 g/mol. The Bertz CT molecular complexity index is 1020. The molecule has 0 amide bonds. The molecule has 1 fully saturated rings. The van der Waals surface area contributed by atoms with Gasteiger partial charge in [-0.2, -0.15) is 0 Å². The van der Waals surface area contributed by atoms with Crippen molar-refractivity contribution in [2.45, 2.75) is 19.9 Å². The first-order chi connectivity index (χ1) is 14.2. The second-order valence-corrected chi connectivity index (χ2v) is 7.52. The number of methoxy groups -OCH3 is 1. The van der Waals surface area contributed by atoms with Crippen LogP contribution < -0.4 is 15.2 Å². The summed E-state index contributed by atoms with van der Waals surface area (Å²) >= 11 is 0. The van der Waals surface area contributed by atoms with Crippen molar-refractivity contribution in [3.8, 4) is 5.75 Å². The number of hydrogen-bond donors (Lipinski definition) is 0.